The third-order valence-corrected chi connectivity index (χ3v) is 9.96. The summed E-state index contributed by atoms with van der Waals surface area (Å²) < 4.78 is 6.00. The van der Waals surface area contributed by atoms with Crippen molar-refractivity contribution in [3.63, 3.8) is 0 Å². The molecule has 240 valence electrons. The molecule has 3 amide bonds. The van der Waals surface area contributed by atoms with Gasteiger partial charge in [-0.3, -0.25) is 19.4 Å². The molecule has 2 rings (SSSR count). The van der Waals surface area contributed by atoms with Crippen molar-refractivity contribution in [2.45, 2.75) is 123 Å². The van der Waals surface area contributed by atoms with E-state index in [-0.39, 0.29) is 30.8 Å². The summed E-state index contributed by atoms with van der Waals surface area (Å²) in [4.78, 5) is 60.6. The second-order valence-corrected chi connectivity index (χ2v) is 13.9. The van der Waals surface area contributed by atoms with E-state index < -0.39 is 59.1 Å². The van der Waals surface area contributed by atoms with Gasteiger partial charge in [-0.05, 0) is 72.1 Å². The number of rotatable bonds is 9. The number of cyclic esters (lactones) is 1. The van der Waals surface area contributed by atoms with Gasteiger partial charge in [0.1, 0.15) is 23.7 Å². The van der Waals surface area contributed by atoms with Crippen LogP contribution in [0.3, 0.4) is 0 Å². The van der Waals surface area contributed by atoms with Crippen LogP contribution in [0.2, 0.25) is 0 Å². The maximum Gasteiger partial charge on any atom is 0.328 e. The summed E-state index contributed by atoms with van der Waals surface area (Å²) in [5, 5.41) is 26.2. The van der Waals surface area contributed by atoms with Crippen LogP contribution in [-0.2, 0) is 23.9 Å². The number of aliphatic hydroxyl groups excluding tert-OH is 2. The van der Waals surface area contributed by atoms with Crippen molar-refractivity contribution in [3.05, 3.63) is 0 Å². The molecule has 2 aliphatic rings. The number of nitrogens with one attached hydrogen (secondary N) is 2. The summed E-state index contributed by atoms with van der Waals surface area (Å²) in [6.45, 7) is 14.0. The Hall–Kier alpha value is -2.18. The molecule has 0 aromatic carbocycles. The number of aliphatic hydroxyl groups is 2. The van der Waals surface area contributed by atoms with Crippen molar-refractivity contribution in [3.8, 4) is 0 Å². The van der Waals surface area contributed by atoms with Gasteiger partial charge in [-0.25, -0.2) is 4.79 Å². The summed E-state index contributed by atoms with van der Waals surface area (Å²) in [5.74, 6) is -2.29. The van der Waals surface area contributed by atoms with E-state index in [9.17, 15) is 29.4 Å². The number of carbonyl (C=O) groups is 4. The fourth-order valence-electron chi connectivity index (χ4n) is 5.75. The fourth-order valence-corrected chi connectivity index (χ4v) is 6.95. The van der Waals surface area contributed by atoms with Crippen molar-refractivity contribution in [2.24, 2.45) is 22.2 Å². The minimum Gasteiger partial charge on any atom is -0.459 e. The highest BCUT2D eigenvalue weighted by Crippen LogP contribution is 2.35. The Kier molecular flexibility index (Phi) is 12.9. The fraction of sp³-hybridized carbons (Fsp3) is 0.833. The van der Waals surface area contributed by atoms with Gasteiger partial charge in [-0.2, -0.15) is 0 Å². The van der Waals surface area contributed by atoms with Crippen molar-refractivity contribution < 1.29 is 34.1 Å². The van der Waals surface area contributed by atoms with E-state index in [2.05, 4.69) is 10.6 Å². The normalized spacial score (nSPS) is 31.5. The van der Waals surface area contributed by atoms with Gasteiger partial charge in [-0.15, -0.1) is 11.8 Å². The van der Waals surface area contributed by atoms with Gasteiger partial charge in [0.25, 0.3) is 5.91 Å². The summed E-state index contributed by atoms with van der Waals surface area (Å²) in [7, 11) is 1.54. The molecule has 2 aliphatic heterocycles. The molecule has 4 unspecified atom stereocenters. The number of nitrogens with zero attached hydrogens (tertiary/aromatic N) is 2. The quantitative estimate of drug-likeness (QED) is 0.289. The Morgan fingerprint density at radius 1 is 1.02 bits per heavy atom. The highest BCUT2D eigenvalue weighted by Gasteiger charge is 2.47. The first-order valence-electron chi connectivity index (χ1n) is 15.1. The molecule has 11 nitrogen and oxygen atoms in total. The van der Waals surface area contributed by atoms with E-state index in [0.717, 1.165) is 6.42 Å². The zero-order chi connectivity index (χ0) is 32.0. The highest BCUT2D eigenvalue weighted by molar-refractivity contribution is 8.14. The Bertz CT molecular complexity index is 1020. The lowest BCUT2D eigenvalue weighted by atomic mass is 9.77. The first-order valence-corrected chi connectivity index (χ1v) is 16.1. The molecule has 0 aliphatic carbocycles. The van der Waals surface area contributed by atoms with E-state index in [4.69, 9.17) is 9.73 Å². The van der Waals surface area contributed by atoms with Crippen LogP contribution in [0, 0.1) is 17.3 Å². The zero-order valence-corrected chi connectivity index (χ0v) is 27.5. The van der Waals surface area contributed by atoms with Crippen LogP contribution in [0.25, 0.3) is 0 Å². The Balaban J connectivity index is 2.54. The van der Waals surface area contributed by atoms with E-state index >= 15 is 0 Å². The molecule has 0 aromatic heterocycles. The number of likely N-dealkylation sites (N-methyl/N-ethyl adjacent to an activating group) is 1. The summed E-state index contributed by atoms with van der Waals surface area (Å²) >= 11 is 1.38. The van der Waals surface area contributed by atoms with Gasteiger partial charge in [0.15, 0.2) is 0 Å². The van der Waals surface area contributed by atoms with Gasteiger partial charge in [0.05, 0.1) is 22.6 Å². The largest absolute Gasteiger partial charge is 0.459 e. The lowest BCUT2D eigenvalue weighted by Gasteiger charge is -2.38. The number of carbonyl (C=O) groups excluding carboxylic acids is 4. The molecule has 0 saturated heterocycles. The van der Waals surface area contributed by atoms with E-state index in [1.807, 2.05) is 13.8 Å². The lowest BCUT2D eigenvalue weighted by molar-refractivity contribution is -0.167. The first kappa shape index (κ1) is 36.0. The number of hydrogen-bond donors (Lipinski definition) is 4. The lowest BCUT2D eigenvalue weighted by Crippen LogP contribution is -2.58. The van der Waals surface area contributed by atoms with Gasteiger partial charge in [0.2, 0.25) is 11.8 Å². The van der Waals surface area contributed by atoms with Crippen LogP contribution in [0.15, 0.2) is 4.99 Å². The van der Waals surface area contributed by atoms with Crippen molar-refractivity contribution in [1.29, 1.82) is 0 Å². The smallest absolute Gasteiger partial charge is 0.328 e. The zero-order valence-electron chi connectivity index (χ0n) is 26.7. The second kappa shape index (κ2) is 15.0. The van der Waals surface area contributed by atoms with E-state index in [1.54, 1.807) is 34.6 Å². The molecule has 0 fully saturated rings. The Labute approximate surface area is 255 Å². The van der Waals surface area contributed by atoms with E-state index in [0.29, 0.717) is 30.1 Å². The summed E-state index contributed by atoms with van der Waals surface area (Å²) in [6.07, 6.45) is 1.47. The van der Waals surface area contributed by atoms with Crippen LogP contribution < -0.4 is 10.6 Å². The minimum absolute atomic E-state index is 0.168. The summed E-state index contributed by atoms with van der Waals surface area (Å²) in [6, 6.07) is -2.53. The molecule has 8 atom stereocenters. The molecule has 2 bridgehead atoms. The van der Waals surface area contributed by atoms with Crippen molar-refractivity contribution in [1.82, 2.24) is 15.5 Å². The number of hydrogen-bond acceptors (Lipinski definition) is 9. The standard InChI is InChI=1S/C30H52N4O7S/c1-10-11-21(36)13-12-18(3)23-29(6,7)27(39)32-19(4)25-33-30(8,16-42-25)28(40)34(9)22(17(2)14-15-35)24(37)31-20(5)26(38)41-23/h17-23,35-36H,10-16H2,1-9H3,(H,31,37)(H,32,39)/t17?,18?,19-,20-,21?,22-,23-,30?/m0/s1. The van der Waals surface area contributed by atoms with Crippen molar-refractivity contribution >= 4 is 40.5 Å². The molecular weight excluding hydrogens is 560 g/mol. The summed E-state index contributed by atoms with van der Waals surface area (Å²) in [5.41, 5.74) is -2.32. The SMILES string of the molecule is CCCC(O)CCC(C)[C@@H]1OC(=O)[C@H](C)NC(=O)[C@H](C(C)CCO)N(C)C(=O)C2(C)CSC(=N2)[C@H](C)NC(=O)C1(C)C. The van der Waals surface area contributed by atoms with Gasteiger partial charge < -0.3 is 30.5 Å². The number of fused-ring (bicyclic) bond motifs is 1. The van der Waals surface area contributed by atoms with Gasteiger partial charge in [-0.1, -0.05) is 27.2 Å². The molecule has 0 radical (unpaired) electrons. The van der Waals surface area contributed by atoms with Crippen LogP contribution >= 0.6 is 11.8 Å². The molecule has 4 N–H and O–H groups in total. The van der Waals surface area contributed by atoms with Crippen LogP contribution in [-0.4, -0.2) is 99.1 Å². The number of aliphatic imine (C=N–C) groups is 1. The third-order valence-electron chi connectivity index (χ3n) is 8.51. The number of esters is 1. The Morgan fingerprint density at radius 3 is 2.26 bits per heavy atom. The minimum atomic E-state index is -1.17. The monoisotopic (exact) mass is 612 g/mol. The first-order chi connectivity index (χ1) is 19.5. The molecule has 12 heteroatoms. The van der Waals surface area contributed by atoms with Crippen LogP contribution in [0.4, 0.5) is 0 Å². The molecule has 2 heterocycles. The second-order valence-electron chi connectivity index (χ2n) is 12.9. The average molecular weight is 613 g/mol. The molecule has 0 spiro atoms. The van der Waals surface area contributed by atoms with Crippen LogP contribution in [0.5, 0.6) is 0 Å². The average Bonchev–Trinajstić information content (AvgIpc) is 3.32. The van der Waals surface area contributed by atoms with Crippen LogP contribution in [0.1, 0.15) is 87.5 Å². The van der Waals surface area contributed by atoms with Crippen molar-refractivity contribution in [2.75, 3.05) is 19.4 Å². The third kappa shape index (κ3) is 8.47. The maximum atomic E-state index is 13.7. The number of amides is 3. The van der Waals surface area contributed by atoms with Gasteiger partial charge >= 0.3 is 5.97 Å². The predicted octanol–water partition coefficient (Wildman–Crippen LogP) is 2.27. The maximum absolute atomic E-state index is 13.7. The van der Waals surface area contributed by atoms with Gasteiger partial charge in [0, 0.05) is 19.4 Å². The van der Waals surface area contributed by atoms with E-state index in [1.165, 1.54) is 30.6 Å². The highest BCUT2D eigenvalue weighted by atomic mass is 32.2. The molecule has 0 aromatic rings. The molecular formula is C30H52N4O7S. The number of ether oxygens (including phenoxy) is 1. The topological polar surface area (TPSA) is 158 Å². The molecule has 0 saturated carbocycles. The molecule has 42 heavy (non-hydrogen) atoms. The predicted molar refractivity (Wildman–Crippen MR) is 164 cm³/mol. The number of thioether (sulfide) groups is 1. The Morgan fingerprint density at radius 2 is 1.67 bits per heavy atom.